The van der Waals surface area contributed by atoms with Crippen LogP contribution >= 0.6 is 11.8 Å². The molecule has 1 aromatic heterocycles. The molecule has 136 valence electrons. The fraction of sp³-hybridized carbons (Fsp3) is 0.222. The second kappa shape index (κ2) is 7.85. The molecule has 27 heavy (non-hydrogen) atoms. The van der Waals surface area contributed by atoms with E-state index >= 15 is 0 Å². The molecule has 2 aromatic rings. The summed E-state index contributed by atoms with van der Waals surface area (Å²) in [5.74, 6) is 1.12. The second-order valence-corrected chi connectivity index (χ2v) is 7.02. The van der Waals surface area contributed by atoms with Crippen LogP contribution in [0.5, 0.6) is 11.5 Å². The van der Waals surface area contributed by atoms with Gasteiger partial charge in [-0.05, 0) is 25.1 Å². The highest BCUT2D eigenvalue weighted by Gasteiger charge is 2.22. The van der Waals surface area contributed by atoms with E-state index < -0.39 is 5.25 Å². The number of rotatable bonds is 4. The Bertz CT molecular complexity index is 980. The number of amides is 1. The highest BCUT2D eigenvalue weighted by Crippen LogP contribution is 2.33. The average Bonchev–Trinajstić information content (AvgIpc) is 2.68. The molecule has 1 amide bonds. The first-order valence-electron chi connectivity index (χ1n) is 8.05. The highest BCUT2D eigenvalue weighted by atomic mass is 32.2. The number of pyridine rings is 1. The van der Waals surface area contributed by atoms with E-state index in [1.807, 2.05) is 12.1 Å². The summed E-state index contributed by atoms with van der Waals surface area (Å²) in [6, 6.07) is 10.5. The van der Waals surface area contributed by atoms with Crippen LogP contribution in [-0.2, 0) is 4.79 Å². The Kier molecular flexibility index (Phi) is 5.34. The molecule has 1 aromatic carbocycles. The van der Waals surface area contributed by atoms with E-state index in [9.17, 15) is 10.1 Å². The number of anilines is 2. The number of nitriles is 2. The van der Waals surface area contributed by atoms with Crippen molar-refractivity contribution >= 4 is 29.2 Å². The zero-order valence-corrected chi connectivity index (χ0v) is 15.2. The first kappa shape index (κ1) is 18.4. The monoisotopic (exact) mass is 382 g/mol. The molecule has 0 aliphatic carbocycles. The Morgan fingerprint density at radius 3 is 2.63 bits per heavy atom. The zero-order chi connectivity index (χ0) is 19.4. The number of nitrogens with zero attached hydrogens (tertiary/aromatic N) is 2. The Morgan fingerprint density at radius 1 is 1.22 bits per heavy atom. The molecule has 0 spiro atoms. The van der Waals surface area contributed by atoms with Gasteiger partial charge in [-0.25, -0.2) is 4.98 Å². The van der Waals surface area contributed by atoms with Crippen LogP contribution in [0.25, 0.3) is 0 Å². The van der Waals surface area contributed by atoms with Gasteiger partial charge in [-0.3, -0.25) is 10.5 Å². The summed E-state index contributed by atoms with van der Waals surface area (Å²) in [5, 5.41) is 21.0. The molecule has 0 bridgehead atoms. The summed E-state index contributed by atoms with van der Waals surface area (Å²) in [6.45, 7) is 2.67. The number of hydrogen-bond donors (Lipinski definition) is 2. The molecule has 0 fully saturated rings. The number of carbonyl (C=O) groups is 1. The number of nitrogen functional groups attached to an aromatic ring is 1. The largest absolute Gasteiger partial charge is 0.486 e. The molecule has 2 heterocycles. The molecular formula is C18H16N5O3S+. The van der Waals surface area contributed by atoms with Crippen LogP contribution in [0.4, 0.5) is 11.5 Å². The number of aromatic amines is 1. The molecule has 1 aliphatic heterocycles. The third kappa shape index (κ3) is 4.05. The Hall–Kier alpha value is -3.43. The number of thioether (sulfide) groups is 1. The number of H-pyrrole nitrogens is 1. The van der Waals surface area contributed by atoms with Crippen molar-refractivity contribution in [3.8, 4) is 23.6 Å². The van der Waals surface area contributed by atoms with Crippen LogP contribution in [0.2, 0.25) is 0 Å². The lowest BCUT2D eigenvalue weighted by molar-refractivity contribution is -0.410. The molecule has 0 radical (unpaired) electrons. The normalized spacial score (nSPS) is 13.1. The Balaban J connectivity index is 1.72. The average molecular weight is 382 g/mol. The van der Waals surface area contributed by atoms with Crippen LogP contribution in [0.15, 0.2) is 29.3 Å². The molecule has 1 atom stereocenters. The molecule has 8 nitrogen and oxygen atoms in total. The van der Waals surface area contributed by atoms with Gasteiger partial charge in [-0.15, -0.1) is 0 Å². The number of ether oxygens (including phenoxy) is 2. The van der Waals surface area contributed by atoms with Gasteiger partial charge >= 0.3 is 0 Å². The smallest absolute Gasteiger partial charge is 0.289 e. The van der Waals surface area contributed by atoms with Gasteiger partial charge in [0, 0.05) is 11.8 Å². The number of hydrogen-bond acceptors (Lipinski definition) is 7. The maximum Gasteiger partial charge on any atom is 0.289 e. The van der Waals surface area contributed by atoms with E-state index in [0.29, 0.717) is 35.4 Å². The van der Waals surface area contributed by atoms with E-state index in [4.69, 9.17) is 20.5 Å². The van der Waals surface area contributed by atoms with Gasteiger partial charge in [-0.2, -0.15) is 10.5 Å². The minimum absolute atomic E-state index is 0.151. The summed E-state index contributed by atoms with van der Waals surface area (Å²) in [7, 11) is 0. The summed E-state index contributed by atoms with van der Waals surface area (Å²) >= 11 is 1.15. The SMILES string of the molecule is C[C@@H](Sc1[nH+]c(N)c(C#N)cc1C#N)C(=O)Nc1ccc2c(c1)OCCO2. The number of nitrogens with one attached hydrogen (secondary N) is 2. The Labute approximate surface area is 159 Å². The number of carbonyl (C=O) groups excluding carboxylic acids is 1. The molecular weight excluding hydrogens is 366 g/mol. The Morgan fingerprint density at radius 2 is 1.93 bits per heavy atom. The maximum absolute atomic E-state index is 12.5. The minimum atomic E-state index is -0.520. The number of fused-ring (bicyclic) bond motifs is 1. The first-order chi connectivity index (χ1) is 13.0. The van der Waals surface area contributed by atoms with Gasteiger partial charge in [0.1, 0.15) is 36.5 Å². The standard InChI is InChI=1S/C18H15N5O3S/c1-10(27-18-12(9-20)6-11(8-19)16(21)23-18)17(24)22-13-2-3-14-15(7-13)26-5-4-25-14/h2-3,6-7,10H,4-5H2,1H3,(H2,21,23)(H,22,24)/p+1/t10-/m1/s1. The predicted octanol–water partition coefficient (Wildman–Crippen LogP) is 1.72. The van der Waals surface area contributed by atoms with Crippen LogP contribution in [0.3, 0.4) is 0 Å². The second-order valence-electron chi connectivity index (χ2n) is 5.67. The molecule has 0 saturated heterocycles. The van der Waals surface area contributed by atoms with Crippen molar-refractivity contribution in [1.29, 1.82) is 10.5 Å². The van der Waals surface area contributed by atoms with Crippen molar-refractivity contribution in [2.24, 2.45) is 0 Å². The number of nitrogens with two attached hydrogens (primary N) is 1. The van der Waals surface area contributed by atoms with E-state index in [1.54, 1.807) is 25.1 Å². The number of benzene rings is 1. The molecule has 4 N–H and O–H groups in total. The van der Waals surface area contributed by atoms with E-state index in [0.717, 1.165) is 11.8 Å². The van der Waals surface area contributed by atoms with Crippen molar-refractivity contribution in [1.82, 2.24) is 0 Å². The molecule has 0 unspecified atom stereocenters. The first-order valence-corrected chi connectivity index (χ1v) is 8.93. The van der Waals surface area contributed by atoms with Crippen LogP contribution in [0.1, 0.15) is 18.1 Å². The zero-order valence-electron chi connectivity index (χ0n) is 14.4. The van der Waals surface area contributed by atoms with Crippen LogP contribution in [-0.4, -0.2) is 24.4 Å². The summed E-state index contributed by atoms with van der Waals surface area (Å²) in [5.41, 5.74) is 6.79. The van der Waals surface area contributed by atoms with Crippen molar-refractivity contribution in [3.05, 3.63) is 35.4 Å². The van der Waals surface area contributed by atoms with Crippen molar-refractivity contribution in [2.75, 3.05) is 24.3 Å². The van der Waals surface area contributed by atoms with E-state index in [2.05, 4.69) is 10.3 Å². The molecule has 9 heteroatoms. The fourth-order valence-electron chi connectivity index (χ4n) is 2.41. The number of aromatic nitrogens is 1. The fourth-order valence-corrected chi connectivity index (χ4v) is 3.33. The highest BCUT2D eigenvalue weighted by molar-refractivity contribution is 8.00. The minimum Gasteiger partial charge on any atom is -0.486 e. The third-order valence-corrected chi connectivity index (χ3v) is 4.91. The van der Waals surface area contributed by atoms with Gasteiger partial charge in [0.15, 0.2) is 16.5 Å². The van der Waals surface area contributed by atoms with Gasteiger partial charge in [0.25, 0.3) is 5.82 Å². The van der Waals surface area contributed by atoms with Gasteiger partial charge in [0.05, 0.1) is 5.25 Å². The van der Waals surface area contributed by atoms with Gasteiger partial charge in [-0.1, -0.05) is 11.8 Å². The lowest BCUT2D eigenvalue weighted by Gasteiger charge is -2.19. The van der Waals surface area contributed by atoms with E-state index in [-0.39, 0.29) is 22.9 Å². The molecule has 0 saturated carbocycles. The lowest BCUT2D eigenvalue weighted by atomic mass is 10.2. The molecule has 3 rings (SSSR count). The van der Waals surface area contributed by atoms with E-state index in [1.165, 1.54) is 6.07 Å². The van der Waals surface area contributed by atoms with Gasteiger partial charge in [0.2, 0.25) is 5.91 Å². The topological polar surface area (TPSA) is 135 Å². The lowest BCUT2D eigenvalue weighted by Crippen LogP contribution is -2.25. The van der Waals surface area contributed by atoms with Crippen LogP contribution < -0.4 is 25.5 Å². The maximum atomic E-state index is 12.5. The van der Waals surface area contributed by atoms with Gasteiger partial charge < -0.3 is 14.8 Å². The van der Waals surface area contributed by atoms with Crippen LogP contribution in [0, 0.1) is 22.7 Å². The van der Waals surface area contributed by atoms with Crippen molar-refractivity contribution < 1.29 is 19.3 Å². The summed E-state index contributed by atoms with van der Waals surface area (Å²) < 4.78 is 11.0. The predicted molar refractivity (Wildman–Crippen MR) is 98.2 cm³/mol. The summed E-state index contributed by atoms with van der Waals surface area (Å²) in [6.07, 6.45) is 0. The molecule has 1 aliphatic rings. The third-order valence-electron chi connectivity index (χ3n) is 3.79. The van der Waals surface area contributed by atoms with Crippen molar-refractivity contribution in [3.63, 3.8) is 0 Å². The quantitative estimate of drug-likeness (QED) is 0.768. The van der Waals surface area contributed by atoms with Crippen molar-refractivity contribution in [2.45, 2.75) is 17.2 Å². The summed E-state index contributed by atoms with van der Waals surface area (Å²) in [4.78, 5) is 15.3.